The predicted octanol–water partition coefficient (Wildman–Crippen LogP) is 0.576. The quantitative estimate of drug-likeness (QED) is 0.648. The molecule has 3 rings (SSSR count). The Morgan fingerprint density at radius 1 is 1.24 bits per heavy atom. The molecular formula is C13H17N3O4S. The van der Waals surface area contributed by atoms with E-state index >= 15 is 0 Å². The van der Waals surface area contributed by atoms with E-state index in [0.717, 1.165) is 13.1 Å². The number of fused-ring (bicyclic) bond motifs is 1. The van der Waals surface area contributed by atoms with E-state index in [9.17, 15) is 18.5 Å². The number of sulfonamides is 1. The molecule has 2 aliphatic heterocycles. The molecule has 0 aliphatic carbocycles. The molecule has 7 nitrogen and oxygen atoms in total. The molecule has 2 saturated heterocycles. The molecule has 0 aromatic heterocycles. The van der Waals surface area contributed by atoms with Crippen LogP contribution in [-0.4, -0.2) is 43.8 Å². The third-order valence-corrected chi connectivity index (χ3v) is 6.04. The van der Waals surface area contributed by atoms with Crippen molar-refractivity contribution in [1.29, 1.82) is 0 Å². The number of nitro groups is 1. The Bertz CT molecular complexity index is 649. The second-order valence-electron chi connectivity index (χ2n) is 5.64. The first-order chi connectivity index (χ1) is 9.97. The summed E-state index contributed by atoms with van der Waals surface area (Å²) in [6.07, 6.45) is 0. The van der Waals surface area contributed by atoms with Crippen LogP contribution in [0.2, 0.25) is 0 Å². The smallest absolute Gasteiger partial charge is 0.273 e. The fourth-order valence-electron chi connectivity index (χ4n) is 3.14. The molecule has 2 heterocycles. The third kappa shape index (κ3) is 2.78. The Morgan fingerprint density at radius 3 is 2.48 bits per heavy atom. The Morgan fingerprint density at radius 2 is 1.86 bits per heavy atom. The van der Waals surface area contributed by atoms with Crippen LogP contribution in [0.4, 0.5) is 5.69 Å². The number of benzene rings is 1. The minimum absolute atomic E-state index is 0.137. The standard InChI is InChI=1S/C13H17N3O4S/c17-16(18)13-4-2-1-3-10(13)9-21(19,20)15-7-11-5-14-6-12(11)8-15/h1-4,11-12,14H,5-9H2/t11-,12+. The van der Waals surface area contributed by atoms with Crippen LogP contribution < -0.4 is 5.32 Å². The van der Waals surface area contributed by atoms with Crippen LogP contribution in [0.5, 0.6) is 0 Å². The molecule has 0 bridgehead atoms. The van der Waals surface area contributed by atoms with Crippen LogP contribution in [0.15, 0.2) is 24.3 Å². The van der Waals surface area contributed by atoms with Gasteiger partial charge in [0.15, 0.2) is 0 Å². The SMILES string of the molecule is O=[N+]([O-])c1ccccc1CS(=O)(=O)N1C[C@H]2CNC[C@H]2C1. The average Bonchev–Trinajstić information content (AvgIpc) is 2.99. The summed E-state index contributed by atoms with van der Waals surface area (Å²) in [5.41, 5.74) is 0.111. The largest absolute Gasteiger partial charge is 0.316 e. The summed E-state index contributed by atoms with van der Waals surface area (Å²) in [5.74, 6) is 0.424. The van der Waals surface area contributed by atoms with Gasteiger partial charge >= 0.3 is 0 Å². The Labute approximate surface area is 123 Å². The van der Waals surface area contributed by atoms with Gasteiger partial charge < -0.3 is 5.32 Å². The van der Waals surface area contributed by atoms with E-state index < -0.39 is 14.9 Å². The second kappa shape index (κ2) is 5.36. The van der Waals surface area contributed by atoms with E-state index in [-0.39, 0.29) is 17.0 Å². The third-order valence-electron chi connectivity index (χ3n) is 4.28. The van der Waals surface area contributed by atoms with Gasteiger partial charge in [0, 0.05) is 24.7 Å². The first kappa shape index (κ1) is 14.4. The maximum absolute atomic E-state index is 12.5. The van der Waals surface area contributed by atoms with Crippen LogP contribution in [-0.2, 0) is 15.8 Å². The van der Waals surface area contributed by atoms with Crippen molar-refractivity contribution >= 4 is 15.7 Å². The van der Waals surface area contributed by atoms with Crippen LogP contribution in [0, 0.1) is 22.0 Å². The van der Waals surface area contributed by atoms with Crippen molar-refractivity contribution in [3.63, 3.8) is 0 Å². The fourth-order valence-corrected chi connectivity index (χ4v) is 4.80. The highest BCUT2D eigenvalue weighted by molar-refractivity contribution is 7.88. The van der Waals surface area contributed by atoms with Crippen LogP contribution in [0.1, 0.15) is 5.56 Å². The molecule has 1 aromatic carbocycles. The van der Waals surface area contributed by atoms with Gasteiger partial charge in [-0.3, -0.25) is 10.1 Å². The van der Waals surface area contributed by atoms with E-state index in [1.54, 1.807) is 12.1 Å². The van der Waals surface area contributed by atoms with Crippen molar-refractivity contribution in [2.45, 2.75) is 5.75 Å². The maximum Gasteiger partial charge on any atom is 0.273 e. The first-order valence-corrected chi connectivity index (χ1v) is 8.49. The Kier molecular flexibility index (Phi) is 3.68. The number of nitro benzene ring substituents is 1. The monoisotopic (exact) mass is 311 g/mol. The highest BCUT2D eigenvalue weighted by Gasteiger charge is 2.41. The number of hydrogen-bond donors (Lipinski definition) is 1. The Balaban J connectivity index is 1.79. The summed E-state index contributed by atoms with van der Waals surface area (Å²) >= 11 is 0. The number of nitrogens with one attached hydrogen (secondary N) is 1. The molecule has 8 heteroatoms. The molecule has 2 atom stereocenters. The van der Waals surface area contributed by atoms with Gasteiger partial charge in [0.25, 0.3) is 5.69 Å². The molecule has 114 valence electrons. The molecule has 0 spiro atoms. The van der Waals surface area contributed by atoms with Gasteiger partial charge in [-0.2, -0.15) is 0 Å². The topological polar surface area (TPSA) is 92.5 Å². The van der Waals surface area contributed by atoms with E-state index in [4.69, 9.17) is 0 Å². The van der Waals surface area contributed by atoms with E-state index in [0.29, 0.717) is 24.9 Å². The fraction of sp³-hybridized carbons (Fsp3) is 0.538. The number of nitrogens with zero attached hydrogens (tertiary/aromatic N) is 2. The van der Waals surface area contributed by atoms with E-state index in [1.807, 2.05) is 0 Å². The van der Waals surface area contributed by atoms with E-state index in [2.05, 4.69) is 5.32 Å². The molecule has 0 radical (unpaired) electrons. The molecule has 21 heavy (non-hydrogen) atoms. The molecule has 0 saturated carbocycles. The minimum Gasteiger partial charge on any atom is -0.316 e. The van der Waals surface area contributed by atoms with Crippen molar-refractivity contribution in [3.8, 4) is 0 Å². The van der Waals surface area contributed by atoms with Gasteiger partial charge in [0.05, 0.1) is 10.7 Å². The zero-order valence-corrected chi connectivity index (χ0v) is 12.3. The molecule has 1 N–H and O–H groups in total. The van der Waals surface area contributed by atoms with Crippen LogP contribution >= 0.6 is 0 Å². The second-order valence-corrected chi connectivity index (χ2v) is 7.61. The Hall–Kier alpha value is -1.51. The maximum atomic E-state index is 12.5. The van der Waals surface area contributed by atoms with Crippen LogP contribution in [0.25, 0.3) is 0 Å². The summed E-state index contributed by atoms with van der Waals surface area (Å²) in [6, 6.07) is 6.02. The van der Waals surface area contributed by atoms with Crippen molar-refractivity contribution < 1.29 is 13.3 Å². The van der Waals surface area contributed by atoms with Gasteiger partial charge in [-0.1, -0.05) is 18.2 Å². The lowest BCUT2D eigenvalue weighted by Gasteiger charge is -2.17. The highest BCUT2D eigenvalue weighted by atomic mass is 32.2. The van der Waals surface area contributed by atoms with Gasteiger partial charge in [0.1, 0.15) is 0 Å². The molecule has 1 aromatic rings. The number of rotatable bonds is 4. The van der Waals surface area contributed by atoms with Crippen molar-refractivity contribution in [1.82, 2.24) is 9.62 Å². The average molecular weight is 311 g/mol. The predicted molar refractivity (Wildman–Crippen MR) is 77.1 cm³/mol. The lowest BCUT2D eigenvalue weighted by atomic mass is 10.0. The molecule has 2 fully saturated rings. The summed E-state index contributed by atoms with van der Waals surface area (Å²) in [7, 11) is -3.51. The number of hydrogen-bond acceptors (Lipinski definition) is 5. The zero-order chi connectivity index (χ0) is 15.0. The molecule has 2 aliphatic rings. The molecular weight excluding hydrogens is 294 g/mol. The van der Waals surface area contributed by atoms with Crippen molar-refractivity contribution in [2.75, 3.05) is 26.2 Å². The minimum atomic E-state index is -3.51. The lowest BCUT2D eigenvalue weighted by Crippen LogP contribution is -2.33. The highest BCUT2D eigenvalue weighted by Crippen LogP contribution is 2.30. The summed E-state index contributed by atoms with van der Waals surface area (Å²) in [5, 5.41) is 14.2. The zero-order valence-electron chi connectivity index (χ0n) is 11.4. The van der Waals surface area contributed by atoms with E-state index in [1.165, 1.54) is 16.4 Å². The molecule has 0 unspecified atom stereocenters. The van der Waals surface area contributed by atoms with Crippen molar-refractivity contribution in [3.05, 3.63) is 39.9 Å². The lowest BCUT2D eigenvalue weighted by molar-refractivity contribution is -0.385. The summed E-state index contributed by atoms with van der Waals surface area (Å²) in [4.78, 5) is 10.4. The van der Waals surface area contributed by atoms with Gasteiger partial charge in [-0.15, -0.1) is 0 Å². The molecule has 0 amide bonds. The van der Waals surface area contributed by atoms with Gasteiger partial charge in [0.2, 0.25) is 10.0 Å². The first-order valence-electron chi connectivity index (χ1n) is 6.88. The number of para-hydroxylation sites is 1. The summed E-state index contributed by atoms with van der Waals surface area (Å²) < 4.78 is 26.5. The van der Waals surface area contributed by atoms with Crippen LogP contribution in [0.3, 0.4) is 0 Å². The summed E-state index contributed by atoms with van der Waals surface area (Å²) in [6.45, 7) is 2.73. The van der Waals surface area contributed by atoms with Crippen molar-refractivity contribution in [2.24, 2.45) is 11.8 Å². The van der Waals surface area contributed by atoms with Gasteiger partial charge in [-0.25, -0.2) is 12.7 Å². The normalized spacial score (nSPS) is 25.9. The van der Waals surface area contributed by atoms with Gasteiger partial charge in [-0.05, 0) is 24.9 Å².